The van der Waals surface area contributed by atoms with Crippen LogP contribution in [0.3, 0.4) is 0 Å². The van der Waals surface area contributed by atoms with Gasteiger partial charge >= 0.3 is 0 Å². The SMILES string of the molecule is Nc1c2c(-c3ccc(F)cc3)nc(N3CCc4ccccc4C3)nc2nn1-c1ccc(Cl)cc1. The van der Waals surface area contributed by atoms with Gasteiger partial charge in [-0.1, -0.05) is 35.9 Å². The molecule has 34 heavy (non-hydrogen) atoms. The lowest BCUT2D eigenvalue weighted by Gasteiger charge is -2.29. The van der Waals surface area contributed by atoms with Gasteiger partial charge in [0.2, 0.25) is 5.95 Å². The van der Waals surface area contributed by atoms with Crippen molar-refractivity contribution in [3.8, 4) is 16.9 Å². The monoisotopic (exact) mass is 470 g/mol. The zero-order valence-corrected chi connectivity index (χ0v) is 18.9. The number of rotatable bonds is 3. The smallest absolute Gasteiger partial charge is 0.228 e. The highest BCUT2D eigenvalue weighted by Crippen LogP contribution is 2.34. The highest BCUT2D eigenvalue weighted by Gasteiger charge is 2.23. The van der Waals surface area contributed by atoms with Gasteiger partial charge in [-0.2, -0.15) is 4.98 Å². The first-order chi connectivity index (χ1) is 16.6. The van der Waals surface area contributed by atoms with Gasteiger partial charge < -0.3 is 10.6 Å². The Morgan fingerprint density at radius 1 is 0.882 bits per heavy atom. The van der Waals surface area contributed by atoms with E-state index in [1.807, 2.05) is 18.2 Å². The topological polar surface area (TPSA) is 72.9 Å². The van der Waals surface area contributed by atoms with Crippen LogP contribution in [0.2, 0.25) is 5.02 Å². The molecule has 5 aromatic rings. The van der Waals surface area contributed by atoms with E-state index in [0.717, 1.165) is 24.2 Å². The molecule has 2 aromatic heterocycles. The van der Waals surface area contributed by atoms with Crippen LogP contribution in [0.4, 0.5) is 16.2 Å². The molecule has 8 heteroatoms. The van der Waals surface area contributed by atoms with E-state index >= 15 is 0 Å². The van der Waals surface area contributed by atoms with E-state index in [4.69, 9.17) is 32.4 Å². The van der Waals surface area contributed by atoms with E-state index in [-0.39, 0.29) is 5.82 Å². The summed E-state index contributed by atoms with van der Waals surface area (Å²) in [5.74, 6) is 0.668. The molecule has 6 nitrogen and oxygen atoms in total. The molecule has 0 amide bonds. The highest BCUT2D eigenvalue weighted by molar-refractivity contribution is 6.30. The maximum Gasteiger partial charge on any atom is 0.228 e. The molecule has 168 valence electrons. The lowest BCUT2D eigenvalue weighted by Crippen LogP contribution is -2.31. The molecular formula is C26H20ClFN6. The van der Waals surface area contributed by atoms with Crippen molar-refractivity contribution in [1.82, 2.24) is 19.7 Å². The Morgan fingerprint density at radius 3 is 2.38 bits per heavy atom. The average Bonchev–Trinajstić information content (AvgIpc) is 3.20. The quantitative estimate of drug-likeness (QED) is 0.381. The second-order valence-electron chi connectivity index (χ2n) is 8.29. The minimum absolute atomic E-state index is 0.313. The molecule has 1 aliphatic rings. The number of anilines is 2. The van der Waals surface area contributed by atoms with E-state index in [9.17, 15) is 4.39 Å². The maximum atomic E-state index is 13.7. The maximum absolute atomic E-state index is 13.7. The predicted octanol–water partition coefficient (Wildman–Crippen LogP) is 5.42. The number of halogens is 2. The first-order valence-corrected chi connectivity index (χ1v) is 11.3. The van der Waals surface area contributed by atoms with Crippen molar-refractivity contribution in [2.75, 3.05) is 17.2 Å². The van der Waals surface area contributed by atoms with Crippen molar-refractivity contribution in [2.45, 2.75) is 13.0 Å². The molecule has 0 radical (unpaired) electrons. The van der Waals surface area contributed by atoms with Crippen molar-refractivity contribution in [3.05, 3.63) is 94.8 Å². The molecule has 1 aliphatic heterocycles. The zero-order valence-electron chi connectivity index (χ0n) is 18.1. The standard InChI is InChI=1S/C26H20ClFN6/c27-19-7-11-21(12-8-19)34-24(29)22-23(17-5-9-20(28)10-6-17)30-26(31-25(22)32-34)33-14-13-16-3-1-2-4-18(16)15-33/h1-12H,13-15,29H2. The zero-order chi connectivity index (χ0) is 23.2. The summed E-state index contributed by atoms with van der Waals surface area (Å²) in [5, 5.41) is 5.96. The minimum atomic E-state index is -0.313. The number of hydrogen-bond donors (Lipinski definition) is 1. The molecule has 6 rings (SSSR count). The van der Waals surface area contributed by atoms with Gasteiger partial charge in [-0.05, 0) is 66.1 Å². The van der Waals surface area contributed by atoms with Crippen LogP contribution in [0.25, 0.3) is 28.0 Å². The Hall–Kier alpha value is -3.97. The lowest BCUT2D eigenvalue weighted by molar-refractivity contribution is 0.628. The van der Waals surface area contributed by atoms with Gasteiger partial charge in [-0.3, -0.25) is 0 Å². The third-order valence-electron chi connectivity index (χ3n) is 6.16. The molecule has 0 fully saturated rings. The number of nitrogens with zero attached hydrogens (tertiary/aromatic N) is 5. The van der Waals surface area contributed by atoms with Crippen LogP contribution in [0, 0.1) is 5.82 Å². The first-order valence-electron chi connectivity index (χ1n) is 11.0. The third kappa shape index (κ3) is 3.54. The van der Waals surface area contributed by atoms with Crippen LogP contribution in [0.15, 0.2) is 72.8 Å². The number of nitrogens with two attached hydrogens (primary N) is 1. The van der Waals surface area contributed by atoms with Crippen LogP contribution in [0.5, 0.6) is 0 Å². The summed E-state index contributed by atoms with van der Waals surface area (Å²) in [6, 6.07) is 21.9. The Morgan fingerprint density at radius 2 is 1.62 bits per heavy atom. The second kappa shape index (κ2) is 8.11. The molecule has 2 N–H and O–H groups in total. The van der Waals surface area contributed by atoms with Gasteiger partial charge in [0.25, 0.3) is 0 Å². The Bertz CT molecular complexity index is 1510. The molecule has 0 spiro atoms. The van der Waals surface area contributed by atoms with Gasteiger partial charge in [0.15, 0.2) is 5.65 Å². The first kappa shape index (κ1) is 20.6. The van der Waals surface area contributed by atoms with Crippen molar-refractivity contribution < 1.29 is 4.39 Å². The van der Waals surface area contributed by atoms with Gasteiger partial charge in [0, 0.05) is 23.7 Å². The van der Waals surface area contributed by atoms with E-state index in [0.29, 0.717) is 40.1 Å². The van der Waals surface area contributed by atoms with E-state index in [1.54, 1.807) is 28.9 Å². The molecule has 0 saturated carbocycles. The normalized spacial score (nSPS) is 13.3. The number of hydrogen-bond acceptors (Lipinski definition) is 5. The van der Waals surface area contributed by atoms with Crippen molar-refractivity contribution in [2.24, 2.45) is 0 Å². The molecule has 0 bridgehead atoms. The number of benzene rings is 3. The number of aromatic nitrogens is 4. The van der Waals surface area contributed by atoms with Gasteiger partial charge in [-0.15, -0.1) is 5.10 Å². The van der Waals surface area contributed by atoms with Crippen molar-refractivity contribution >= 4 is 34.4 Å². The van der Waals surface area contributed by atoms with Crippen molar-refractivity contribution in [1.29, 1.82) is 0 Å². The fraction of sp³-hybridized carbons (Fsp3) is 0.115. The summed E-state index contributed by atoms with van der Waals surface area (Å²) in [7, 11) is 0. The number of fused-ring (bicyclic) bond motifs is 2. The summed E-state index contributed by atoms with van der Waals surface area (Å²) >= 11 is 6.06. The Balaban J connectivity index is 1.53. The van der Waals surface area contributed by atoms with Gasteiger partial charge in [0.05, 0.1) is 16.8 Å². The molecule has 0 aliphatic carbocycles. The van der Waals surface area contributed by atoms with Crippen LogP contribution < -0.4 is 10.6 Å². The van der Waals surface area contributed by atoms with Crippen molar-refractivity contribution in [3.63, 3.8) is 0 Å². The van der Waals surface area contributed by atoms with Crippen LogP contribution >= 0.6 is 11.6 Å². The second-order valence-corrected chi connectivity index (χ2v) is 8.73. The molecule has 0 unspecified atom stereocenters. The summed E-state index contributed by atoms with van der Waals surface area (Å²) in [6.45, 7) is 1.50. The fourth-order valence-electron chi connectivity index (χ4n) is 4.40. The van der Waals surface area contributed by atoms with Crippen LogP contribution in [0.1, 0.15) is 11.1 Å². The Labute approximate surface area is 200 Å². The summed E-state index contributed by atoms with van der Waals surface area (Å²) in [6.07, 6.45) is 0.908. The molecule has 3 aromatic carbocycles. The summed E-state index contributed by atoms with van der Waals surface area (Å²) < 4.78 is 15.3. The Kier molecular flexibility index (Phi) is 4.92. The highest BCUT2D eigenvalue weighted by atomic mass is 35.5. The number of nitrogen functional groups attached to an aromatic ring is 1. The third-order valence-corrected chi connectivity index (χ3v) is 6.41. The molecular weight excluding hydrogens is 451 g/mol. The minimum Gasteiger partial charge on any atom is -0.383 e. The summed E-state index contributed by atoms with van der Waals surface area (Å²) in [4.78, 5) is 11.9. The fourth-order valence-corrected chi connectivity index (χ4v) is 4.53. The van der Waals surface area contributed by atoms with Crippen LogP contribution in [-0.2, 0) is 13.0 Å². The lowest BCUT2D eigenvalue weighted by atomic mass is 10.0. The summed E-state index contributed by atoms with van der Waals surface area (Å²) in [5.41, 5.74) is 11.8. The molecule has 0 atom stereocenters. The molecule has 0 saturated heterocycles. The van der Waals surface area contributed by atoms with Crippen LogP contribution in [-0.4, -0.2) is 26.3 Å². The predicted molar refractivity (Wildman–Crippen MR) is 133 cm³/mol. The molecule has 3 heterocycles. The van der Waals surface area contributed by atoms with E-state index in [1.165, 1.54) is 23.3 Å². The average molecular weight is 471 g/mol. The largest absolute Gasteiger partial charge is 0.383 e. The van der Waals surface area contributed by atoms with E-state index < -0.39 is 0 Å². The van der Waals surface area contributed by atoms with E-state index in [2.05, 4.69) is 23.1 Å². The van der Waals surface area contributed by atoms with Gasteiger partial charge in [0.1, 0.15) is 11.6 Å². The van der Waals surface area contributed by atoms with Gasteiger partial charge in [-0.25, -0.2) is 14.1 Å².